The third-order valence-corrected chi connectivity index (χ3v) is 7.63. The molecule has 0 unspecified atom stereocenters. The predicted octanol–water partition coefficient (Wildman–Crippen LogP) is 7.67. The van der Waals surface area contributed by atoms with Gasteiger partial charge in [0.05, 0.1) is 21.1 Å². The summed E-state index contributed by atoms with van der Waals surface area (Å²) in [5.41, 5.74) is 3.42. The highest BCUT2D eigenvalue weighted by Crippen LogP contribution is 2.51. The van der Waals surface area contributed by atoms with Crippen molar-refractivity contribution in [3.63, 3.8) is 0 Å². The number of hydrogen-bond donors (Lipinski definition) is 0. The molecule has 0 spiro atoms. The fourth-order valence-corrected chi connectivity index (χ4v) is 6.37. The molecule has 6 rings (SSSR count). The van der Waals surface area contributed by atoms with Crippen LogP contribution in [0.4, 0.5) is 0 Å². The maximum Gasteiger partial charge on any atom is 0.223 e. The molecular weight excluding hydrogens is 524 g/mol. The first-order valence-corrected chi connectivity index (χ1v) is 12.2. The number of fused-ring (bicyclic) bond motifs is 4. The lowest BCUT2D eigenvalue weighted by atomic mass is 9.95. The Hall–Kier alpha value is -2.15. The Balaban J connectivity index is 1.47. The Morgan fingerprint density at radius 1 is 0.967 bits per heavy atom. The summed E-state index contributed by atoms with van der Waals surface area (Å²) in [5, 5.41) is 11.8. The number of hydrazone groups is 1. The monoisotopic (exact) mass is 538 g/mol. The standard InChI is InChI=1S/C24H16Br2N2OS/c25-17-11-18-21-13-20(16-8-7-14-4-1-2-5-15(14)10-16)27-28(21)24(22-6-3-9-30-22)29-23(18)19(26)12-17/h1-12,21,24H,13H2/t21-,24-/m1/s1. The van der Waals surface area contributed by atoms with Crippen molar-refractivity contribution in [2.45, 2.75) is 18.7 Å². The highest BCUT2D eigenvalue weighted by molar-refractivity contribution is 9.11. The molecule has 0 aliphatic carbocycles. The molecule has 148 valence electrons. The van der Waals surface area contributed by atoms with Gasteiger partial charge in [0.2, 0.25) is 6.23 Å². The zero-order valence-corrected chi connectivity index (χ0v) is 19.7. The molecule has 0 saturated carbocycles. The molecule has 0 fully saturated rings. The first-order chi connectivity index (χ1) is 14.7. The van der Waals surface area contributed by atoms with E-state index in [1.54, 1.807) is 11.3 Å². The second kappa shape index (κ2) is 7.22. The van der Waals surface area contributed by atoms with E-state index in [2.05, 4.69) is 103 Å². The van der Waals surface area contributed by atoms with Crippen LogP contribution in [-0.2, 0) is 0 Å². The lowest BCUT2D eigenvalue weighted by Gasteiger charge is -2.38. The molecule has 2 aliphatic heterocycles. The van der Waals surface area contributed by atoms with Gasteiger partial charge in [-0.2, -0.15) is 5.10 Å². The van der Waals surface area contributed by atoms with E-state index in [0.717, 1.165) is 37.3 Å². The van der Waals surface area contributed by atoms with E-state index in [1.165, 1.54) is 16.3 Å². The van der Waals surface area contributed by atoms with Crippen LogP contribution in [0.15, 0.2) is 86.2 Å². The third kappa shape index (κ3) is 3.01. The molecule has 2 aliphatic rings. The lowest BCUT2D eigenvalue weighted by molar-refractivity contribution is -0.0172. The van der Waals surface area contributed by atoms with Gasteiger partial charge in [0.15, 0.2) is 0 Å². The Morgan fingerprint density at radius 3 is 2.67 bits per heavy atom. The summed E-state index contributed by atoms with van der Waals surface area (Å²) in [6.45, 7) is 0. The van der Waals surface area contributed by atoms with Crippen LogP contribution in [0.3, 0.4) is 0 Å². The quantitative estimate of drug-likeness (QED) is 0.261. The first-order valence-electron chi connectivity index (χ1n) is 9.71. The van der Waals surface area contributed by atoms with Gasteiger partial charge in [-0.25, -0.2) is 5.01 Å². The van der Waals surface area contributed by atoms with Crippen molar-refractivity contribution >= 4 is 59.7 Å². The minimum Gasteiger partial charge on any atom is -0.462 e. The van der Waals surface area contributed by atoms with Crippen LogP contribution >= 0.6 is 43.2 Å². The van der Waals surface area contributed by atoms with Crippen molar-refractivity contribution in [3.8, 4) is 5.75 Å². The Morgan fingerprint density at radius 2 is 1.83 bits per heavy atom. The predicted molar refractivity (Wildman–Crippen MR) is 129 cm³/mol. The molecule has 3 heterocycles. The highest BCUT2D eigenvalue weighted by Gasteiger charge is 2.42. The van der Waals surface area contributed by atoms with Gasteiger partial charge < -0.3 is 4.74 Å². The third-order valence-electron chi connectivity index (χ3n) is 5.68. The zero-order chi connectivity index (χ0) is 20.2. The van der Waals surface area contributed by atoms with Crippen molar-refractivity contribution < 1.29 is 4.74 Å². The molecular formula is C24H16Br2N2OS. The first kappa shape index (κ1) is 18.6. The fraction of sp³-hybridized carbons (Fsp3) is 0.125. The van der Waals surface area contributed by atoms with E-state index in [0.29, 0.717) is 0 Å². The van der Waals surface area contributed by atoms with Crippen molar-refractivity contribution in [1.29, 1.82) is 0 Å². The molecule has 4 aromatic rings. The SMILES string of the molecule is Brc1cc(Br)c2c(c1)[C@H]1CC(c3ccc4ccccc4c3)=NN1[C@@H](c1cccs1)O2. The summed E-state index contributed by atoms with van der Waals surface area (Å²) >= 11 is 9.04. The minimum atomic E-state index is -0.224. The Labute approximate surface area is 195 Å². The second-order valence-electron chi connectivity index (χ2n) is 7.50. The van der Waals surface area contributed by atoms with Gasteiger partial charge >= 0.3 is 0 Å². The summed E-state index contributed by atoms with van der Waals surface area (Å²) in [6.07, 6.45) is 0.623. The van der Waals surface area contributed by atoms with Gasteiger partial charge in [0.25, 0.3) is 0 Å². The van der Waals surface area contributed by atoms with Crippen LogP contribution in [0.25, 0.3) is 10.8 Å². The van der Waals surface area contributed by atoms with E-state index in [9.17, 15) is 0 Å². The number of nitrogens with zero attached hydrogens (tertiary/aromatic N) is 2. The van der Waals surface area contributed by atoms with E-state index in [-0.39, 0.29) is 12.3 Å². The summed E-state index contributed by atoms with van der Waals surface area (Å²) in [7, 11) is 0. The van der Waals surface area contributed by atoms with Gasteiger partial charge in [-0.15, -0.1) is 11.3 Å². The molecule has 3 nitrogen and oxygen atoms in total. The summed E-state index contributed by atoms with van der Waals surface area (Å²) in [4.78, 5) is 1.16. The summed E-state index contributed by atoms with van der Waals surface area (Å²) < 4.78 is 8.49. The molecule has 0 N–H and O–H groups in total. The Kier molecular flexibility index (Phi) is 4.48. The number of thiophene rings is 1. The number of rotatable bonds is 2. The van der Waals surface area contributed by atoms with Gasteiger partial charge in [-0.05, 0) is 61.9 Å². The van der Waals surface area contributed by atoms with E-state index < -0.39 is 0 Å². The van der Waals surface area contributed by atoms with Gasteiger partial charge in [0.1, 0.15) is 5.75 Å². The number of hydrogen-bond acceptors (Lipinski definition) is 4. The zero-order valence-electron chi connectivity index (χ0n) is 15.8. The summed E-state index contributed by atoms with van der Waals surface area (Å²) in [5.74, 6) is 0.910. The van der Waals surface area contributed by atoms with Crippen molar-refractivity contribution in [1.82, 2.24) is 5.01 Å². The Bertz CT molecular complexity index is 1300. The topological polar surface area (TPSA) is 24.8 Å². The highest BCUT2D eigenvalue weighted by atomic mass is 79.9. The lowest BCUT2D eigenvalue weighted by Crippen LogP contribution is -2.33. The van der Waals surface area contributed by atoms with Crippen molar-refractivity contribution in [3.05, 3.63) is 97.1 Å². The van der Waals surface area contributed by atoms with Gasteiger partial charge in [0, 0.05) is 16.5 Å². The largest absolute Gasteiger partial charge is 0.462 e. The second-order valence-corrected chi connectivity index (χ2v) is 10.2. The van der Waals surface area contributed by atoms with Gasteiger partial charge in [-0.3, -0.25) is 0 Å². The number of ether oxygens (including phenoxy) is 1. The van der Waals surface area contributed by atoms with Crippen LogP contribution in [0.1, 0.15) is 34.7 Å². The van der Waals surface area contributed by atoms with Crippen molar-refractivity contribution in [2.75, 3.05) is 0 Å². The molecule has 0 amide bonds. The van der Waals surface area contributed by atoms with Crippen LogP contribution in [0, 0.1) is 0 Å². The molecule has 1 aromatic heterocycles. The van der Waals surface area contributed by atoms with E-state index in [1.807, 2.05) is 6.07 Å². The maximum absolute atomic E-state index is 6.49. The van der Waals surface area contributed by atoms with E-state index in [4.69, 9.17) is 9.84 Å². The molecule has 0 bridgehead atoms. The molecule has 30 heavy (non-hydrogen) atoms. The molecule has 6 heteroatoms. The van der Waals surface area contributed by atoms with Crippen molar-refractivity contribution in [2.24, 2.45) is 5.10 Å². The molecule has 0 radical (unpaired) electrons. The molecule has 3 aromatic carbocycles. The molecule has 2 atom stereocenters. The summed E-state index contributed by atoms with van der Waals surface area (Å²) in [6, 6.07) is 23.6. The average molecular weight is 540 g/mol. The minimum absolute atomic E-state index is 0.135. The number of halogens is 2. The average Bonchev–Trinajstić information content (AvgIpc) is 3.43. The van der Waals surface area contributed by atoms with Crippen LogP contribution in [-0.4, -0.2) is 10.7 Å². The molecule has 0 saturated heterocycles. The van der Waals surface area contributed by atoms with E-state index >= 15 is 0 Å². The number of benzene rings is 3. The van der Waals surface area contributed by atoms with Crippen LogP contribution in [0.5, 0.6) is 5.75 Å². The van der Waals surface area contributed by atoms with Crippen LogP contribution < -0.4 is 4.74 Å². The maximum atomic E-state index is 6.49. The van der Waals surface area contributed by atoms with Gasteiger partial charge in [-0.1, -0.05) is 58.4 Å². The van der Waals surface area contributed by atoms with Crippen LogP contribution in [0.2, 0.25) is 0 Å². The normalized spacial score (nSPS) is 19.9. The fourth-order valence-electron chi connectivity index (χ4n) is 4.28. The smallest absolute Gasteiger partial charge is 0.223 e.